The van der Waals surface area contributed by atoms with E-state index < -0.39 is 8.07 Å². The van der Waals surface area contributed by atoms with Crippen LogP contribution in [0.5, 0.6) is 17.2 Å². The predicted molar refractivity (Wildman–Crippen MR) is 164 cm³/mol. The van der Waals surface area contributed by atoms with Gasteiger partial charge in [-0.1, -0.05) is 90.3 Å². The highest BCUT2D eigenvalue weighted by atomic mass is 28.3. The van der Waals surface area contributed by atoms with Crippen molar-refractivity contribution in [1.82, 2.24) is 0 Å². The number of ether oxygens (including phenoxy) is 5. The van der Waals surface area contributed by atoms with Gasteiger partial charge in [-0.15, -0.1) is 5.54 Å². The minimum atomic E-state index is -1.49. The van der Waals surface area contributed by atoms with E-state index in [1.165, 1.54) is 57.8 Å². The Bertz CT molecular complexity index is 1020. The Kier molecular flexibility index (Phi) is 15.8. The van der Waals surface area contributed by atoms with Crippen LogP contribution in [0.3, 0.4) is 0 Å². The van der Waals surface area contributed by atoms with Gasteiger partial charge in [-0.3, -0.25) is 0 Å². The third kappa shape index (κ3) is 13.4. The smallest absolute Gasteiger partial charge is 0.188 e. The van der Waals surface area contributed by atoms with E-state index in [0.717, 1.165) is 28.9 Å². The van der Waals surface area contributed by atoms with Crippen LogP contribution in [-0.2, 0) is 9.47 Å². The molecule has 0 saturated heterocycles. The molecule has 6 heteroatoms. The van der Waals surface area contributed by atoms with Crippen LogP contribution in [0.4, 0.5) is 0 Å². The fourth-order valence-electron chi connectivity index (χ4n) is 4.16. The van der Waals surface area contributed by atoms with E-state index in [1.54, 1.807) is 14.2 Å². The van der Waals surface area contributed by atoms with Gasteiger partial charge in [0.1, 0.15) is 25.3 Å². The van der Waals surface area contributed by atoms with Gasteiger partial charge < -0.3 is 23.7 Å². The van der Waals surface area contributed by atoms with Crippen molar-refractivity contribution in [2.45, 2.75) is 90.8 Å². The van der Waals surface area contributed by atoms with Gasteiger partial charge in [0.25, 0.3) is 0 Å². The molecule has 0 aliphatic rings. The van der Waals surface area contributed by atoms with Crippen LogP contribution in [0.1, 0.15) is 76.7 Å². The number of hydrogen-bond donors (Lipinski definition) is 0. The van der Waals surface area contributed by atoms with Crippen molar-refractivity contribution in [2.75, 3.05) is 34.4 Å². The lowest BCUT2D eigenvalue weighted by atomic mass is 10.0. The van der Waals surface area contributed by atoms with Crippen molar-refractivity contribution in [3.8, 4) is 39.8 Å². The Morgan fingerprint density at radius 2 is 1.18 bits per heavy atom. The third-order valence-electron chi connectivity index (χ3n) is 6.24. The average Bonchev–Trinajstić information content (AvgIpc) is 2.92. The van der Waals surface area contributed by atoms with Gasteiger partial charge in [-0.25, -0.2) is 0 Å². The topological polar surface area (TPSA) is 46.2 Å². The molecule has 0 aliphatic heterocycles. The van der Waals surface area contributed by atoms with E-state index in [2.05, 4.69) is 38.0 Å². The Morgan fingerprint density at radius 1 is 0.641 bits per heavy atom. The van der Waals surface area contributed by atoms with Gasteiger partial charge in [0.15, 0.2) is 13.6 Å². The van der Waals surface area contributed by atoms with Crippen molar-refractivity contribution in [3.05, 3.63) is 42.0 Å². The van der Waals surface area contributed by atoms with Crippen molar-refractivity contribution in [2.24, 2.45) is 0 Å². The lowest BCUT2D eigenvalue weighted by Gasteiger charge is -2.17. The summed E-state index contributed by atoms with van der Waals surface area (Å²) in [7, 11) is 1.74. The Morgan fingerprint density at radius 3 is 1.74 bits per heavy atom. The molecule has 0 amide bonds. The second-order valence-corrected chi connectivity index (χ2v) is 15.8. The Hall–Kier alpha value is -2.46. The molecule has 5 nitrogen and oxygen atoms in total. The minimum absolute atomic E-state index is 0.142. The molecule has 0 heterocycles. The van der Waals surface area contributed by atoms with Gasteiger partial charge in [-0.05, 0) is 36.8 Å². The Balaban J connectivity index is 2.05. The first-order chi connectivity index (χ1) is 18.9. The van der Waals surface area contributed by atoms with E-state index in [4.69, 9.17) is 23.7 Å². The molecule has 0 radical (unpaired) electrons. The largest absolute Gasteiger partial charge is 0.493 e. The van der Waals surface area contributed by atoms with E-state index in [1.807, 2.05) is 36.4 Å². The van der Waals surface area contributed by atoms with Gasteiger partial charge in [-0.2, -0.15) is 0 Å². The first-order valence-electron chi connectivity index (χ1n) is 14.6. The monoisotopic (exact) mass is 554 g/mol. The summed E-state index contributed by atoms with van der Waals surface area (Å²) in [6, 6.07) is 12.0. The summed E-state index contributed by atoms with van der Waals surface area (Å²) >= 11 is 0. The molecule has 39 heavy (non-hydrogen) atoms. The minimum Gasteiger partial charge on any atom is -0.493 e. The zero-order valence-electron chi connectivity index (χ0n) is 25.2. The molecule has 0 unspecified atom stereocenters. The zero-order chi connectivity index (χ0) is 28.3. The van der Waals surface area contributed by atoms with Crippen LogP contribution < -0.4 is 14.2 Å². The molecule has 0 bridgehead atoms. The van der Waals surface area contributed by atoms with Crippen LogP contribution in [-0.4, -0.2) is 42.5 Å². The second kappa shape index (κ2) is 18.8. The van der Waals surface area contributed by atoms with Gasteiger partial charge in [0.2, 0.25) is 0 Å². The fourth-order valence-corrected chi connectivity index (χ4v) is 4.68. The normalized spacial score (nSPS) is 11.1. The van der Waals surface area contributed by atoms with E-state index in [9.17, 15) is 0 Å². The van der Waals surface area contributed by atoms with Gasteiger partial charge >= 0.3 is 0 Å². The maximum absolute atomic E-state index is 6.08. The lowest BCUT2D eigenvalue weighted by molar-refractivity contribution is 0.0499. The van der Waals surface area contributed by atoms with Crippen LogP contribution in [0, 0.1) is 11.5 Å². The second-order valence-electron chi connectivity index (χ2n) is 11.0. The van der Waals surface area contributed by atoms with Crippen LogP contribution >= 0.6 is 0 Å². The van der Waals surface area contributed by atoms with Crippen molar-refractivity contribution < 1.29 is 23.7 Å². The van der Waals surface area contributed by atoms with Crippen LogP contribution in [0.15, 0.2) is 36.4 Å². The first-order valence-corrected chi connectivity index (χ1v) is 18.1. The molecule has 0 N–H and O–H groups in total. The molecular formula is C33H50O5Si. The molecular weight excluding hydrogens is 504 g/mol. The standard InChI is InChI=1S/C33H50O5Si/c1-7-8-9-10-11-12-13-14-15-16-22-36-29-18-20-31(33(25-29)38-27-35-3)30-19-17-28(21-23-39(4,5)6)24-32(30)37-26-34-2/h17-20,24-25H,7-16,22,26-27H2,1-6H3. The molecule has 0 spiro atoms. The average molecular weight is 555 g/mol. The van der Waals surface area contributed by atoms with E-state index in [0.29, 0.717) is 18.1 Å². The van der Waals surface area contributed by atoms with E-state index >= 15 is 0 Å². The molecule has 216 valence electrons. The number of rotatable bonds is 19. The van der Waals surface area contributed by atoms with Crippen LogP contribution in [0.2, 0.25) is 19.6 Å². The number of hydrogen-bond acceptors (Lipinski definition) is 5. The summed E-state index contributed by atoms with van der Waals surface area (Å²) < 4.78 is 28.4. The summed E-state index contributed by atoms with van der Waals surface area (Å²) in [4.78, 5) is 0. The molecule has 0 atom stereocenters. The highest BCUT2D eigenvalue weighted by Gasteiger charge is 2.15. The summed E-state index contributed by atoms with van der Waals surface area (Å²) in [5.41, 5.74) is 6.14. The van der Waals surface area contributed by atoms with Crippen molar-refractivity contribution in [3.63, 3.8) is 0 Å². The summed E-state index contributed by atoms with van der Waals surface area (Å²) in [5, 5.41) is 0. The third-order valence-corrected chi connectivity index (χ3v) is 7.11. The number of benzene rings is 2. The zero-order valence-corrected chi connectivity index (χ0v) is 26.2. The lowest BCUT2D eigenvalue weighted by Crippen LogP contribution is -2.16. The summed E-state index contributed by atoms with van der Waals surface area (Å²) in [5.74, 6) is 5.48. The van der Waals surface area contributed by atoms with E-state index in [-0.39, 0.29) is 13.6 Å². The fraction of sp³-hybridized carbons (Fsp3) is 0.576. The molecule has 2 aromatic carbocycles. The predicted octanol–water partition coefficient (Wildman–Crippen LogP) is 8.85. The number of unbranched alkanes of at least 4 members (excludes halogenated alkanes) is 9. The maximum atomic E-state index is 6.08. The molecule has 0 aromatic heterocycles. The molecule has 2 aromatic rings. The Labute approximate surface area is 238 Å². The highest BCUT2D eigenvalue weighted by Crippen LogP contribution is 2.39. The first kappa shape index (κ1) is 32.7. The van der Waals surface area contributed by atoms with Crippen LogP contribution in [0.25, 0.3) is 11.1 Å². The van der Waals surface area contributed by atoms with Crippen molar-refractivity contribution in [1.29, 1.82) is 0 Å². The summed E-state index contributed by atoms with van der Waals surface area (Å²) in [6.07, 6.45) is 13.1. The SMILES string of the molecule is CCCCCCCCCCCCOc1ccc(-c2ccc(C#C[Si](C)(C)C)cc2OCOC)c(OCOC)c1. The van der Waals surface area contributed by atoms with Gasteiger partial charge in [0.05, 0.1) is 6.61 Å². The molecule has 0 saturated carbocycles. The van der Waals surface area contributed by atoms with Crippen molar-refractivity contribution >= 4 is 8.07 Å². The summed E-state index contributed by atoms with van der Waals surface area (Å²) in [6.45, 7) is 9.95. The quantitative estimate of drug-likeness (QED) is 0.0751. The highest BCUT2D eigenvalue weighted by molar-refractivity contribution is 6.83. The molecule has 2 rings (SSSR count). The molecule has 0 aliphatic carbocycles. The van der Waals surface area contributed by atoms with Gasteiger partial charge in [0, 0.05) is 37.0 Å². The maximum Gasteiger partial charge on any atom is 0.188 e. The molecule has 0 fully saturated rings. The number of methoxy groups -OCH3 is 2.